The zero-order valence-corrected chi connectivity index (χ0v) is 10.1. The summed E-state index contributed by atoms with van der Waals surface area (Å²) in [6.45, 7) is 4.91. The van der Waals surface area contributed by atoms with Crippen molar-refractivity contribution < 1.29 is 0 Å². The Balaban J connectivity index is 1.55. The number of rotatable bonds is 5. The molecule has 90 valence electrons. The average Bonchev–Trinajstić information content (AvgIpc) is 2.95. The molecule has 0 radical (unpaired) electrons. The fourth-order valence-corrected chi connectivity index (χ4v) is 2.96. The van der Waals surface area contributed by atoms with Crippen LogP contribution in [0.25, 0.3) is 0 Å². The highest BCUT2D eigenvalue weighted by molar-refractivity contribution is 4.96. The SMILES string of the molecule is N#CC1CCCC1NCCCN1CCCC1. The number of nitriles is 1. The molecule has 3 nitrogen and oxygen atoms in total. The van der Waals surface area contributed by atoms with Crippen molar-refractivity contribution in [1.29, 1.82) is 5.26 Å². The minimum atomic E-state index is 0.270. The van der Waals surface area contributed by atoms with Crippen molar-refractivity contribution in [3.8, 4) is 6.07 Å². The highest BCUT2D eigenvalue weighted by Gasteiger charge is 2.26. The van der Waals surface area contributed by atoms with Gasteiger partial charge in [0.15, 0.2) is 0 Å². The lowest BCUT2D eigenvalue weighted by Gasteiger charge is -2.18. The van der Waals surface area contributed by atoms with Crippen molar-refractivity contribution in [3.63, 3.8) is 0 Å². The Morgan fingerprint density at radius 3 is 2.75 bits per heavy atom. The Hall–Kier alpha value is -0.590. The number of likely N-dealkylation sites (tertiary alicyclic amines) is 1. The van der Waals surface area contributed by atoms with Gasteiger partial charge in [-0.05, 0) is 58.3 Å². The van der Waals surface area contributed by atoms with Crippen molar-refractivity contribution in [2.24, 2.45) is 5.92 Å². The highest BCUT2D eigenvalue weighted by atomic mass is 15.1. The van der Waals surface area contributed by atoms with Gasteiger partial charge in [-0.3, -0.25) is 0 Å². The van der Waals surface area contributed by atoms with Gasteiger partial charge in [-0.1, -0.05) is 6.42 Å². The van der Waals surface area contributed by atoms with E-state index >= 15 is 0 Å². The Bertz CT molecular complexity index is 240. The number of nitrogens with one attached hydrogen (secondary N) is 1. The van der Waals surface area contributed by atoms with Crippen LogP contribution >= 0.6 is 0 Å². The molecule has 2 fully saturated rings. The van der Waals surface area contributed by atoms with E-state index in [0.29, 0.717) is 6.04 Å². The lowest BCUT2D eigenvalue weighted by molar-refractivity contribution is 0.325. The Morgan fingerprint density at radius 1 is 1.19 bits per heavy atom. The first kappa shape index (κ1) is 11.9. The summed E-state index contributed by atoms with van der Waals surface area (Å²) >= 11 is 0. The van der Waals surface area contributed by atoms with Crippen molar-refractivity contribution >= 4 is 0 Å². The third kappa shape index (κ3) is 3.20. The van der Waals surface area contributed by atoms with E-state index in [9.17, 15) is 0 Å². The molecule has 1 heterocycles. The van der Waals surface area contributed by atoms with Crippen molar-refractivity contribution in [1.82, 2.24) is 10.2 Å². The molecular formula is C13H23N3. The monoisotopic (exact) mass is 221 g/mol. The molecule has 1 saturated heterocycles. The summed E-state index contributed by atoms with van der Waals surface area (Å²) in [4.78, 5) is 2.55. The van der Waals surface area contributed by atoms with Crippen molar-refractivity contribution in [2.75, 3.05) is 26.2 Å². The second-order valence-electron chi connectivity index (χ2n) is 5.13. The fourth-order valence-electron chi connectivity index (χ4n) is 2.96. The van der Waals surface area contributed by atoms with Gasteiger partial charge in [0.1, 0.15) is 0 Å². The average molecular weight is 221 g/mol. The fraction of sp³-hybridized carbons (Fsp3) is 0.923. The van der Waals surface area contributed by atoms with Gasteiger partial charge in [-0.25, -0.2) is 0 Å². The summed E-state index contributed by atoms with van der Waals surface area (Å²) in [7, 11) is 0. The number of hydrogen-bond acceptors (Lipinski definition) is 3. The van der Waals surface area contributed by atoms with Crippen LogP contribution in [0.4, 0.5) is 0 Å². The van der Waals surface area contributed by atoms with Crippen molar-refractivity contribution in [3.05, 3.63) is 0 Å². The first-order valence-electron chi connectivity index (χ1n) is 6.75. The van der Waals surface area contributed by atoms with Crippen LogP contribution in [-0.4, -0.2) is 37.1 Å². The molecule has 0 spiro atoms. The maximum atomic E-state index is 8.97. The maximum absolute atomic E-state index is 8.97. The molecule has 0 aromatic carbocycles. The van der Waals surface area contributed by atoms with Gasteiger partial charge >= 0.3 is 0 Å². The van der Waals surface area contributed by atoms with E-state index in [4.69, 9.17) is 5.26 Å². The molecule has 1 aliphatic heterocycles. The molecule has 1 N–H and O–H groups in total. The Labute approximate surface area is 98.8 Å². The van der Waals surface area contributed by atoms with Gasteiger partial charge in [0.2, 0.25) is 0 Å². The minimum Gasteiger partial charge on any atom is -0.313 e. The number of hydrogen-bond donors (Lipinski definition) is 1. The lowest BCUT2D eigenvalue weighted by Crippen LogP contribution is -2.34. The third-order valence-electron chi connectivity index (χ3n) is 3.94. The molecule has 1 saturated carbocycles. The van der Waals surface area contributed by atoms with Gasteiger partial charge in [0.25, 0.3) is 0 Å². The van der Waals surface area contributed by atoms with Gasteiger partial charge in [0.05, 0.1) is 12.0 Å². The van der Waals surface area contributed by atoms with E-state index in [1.54, 1.807) is 0 Å². The van der Waals surface area contributed by atoms with Crippen molar-refractivity contribution in [2.45, 2.75) is 44.6 Å². The molecule has 16 heavy (non-hydrogen) atoms. The standard InChI is InChI=1S/C13H23N3/c14-11-12-5-3-6-13(12)15-7-4-10-16-8-1-2-9-16/h12-13,15H,1-10H2. The summed E-state index contributed by atoms with van der Waals surface area (Å²) in [5, 5.41) is 12.5. The summed E-state index contributed by atoms with van der Waals surface area (Å²) in [5.41, 5.74) is 0. The van der Waals surface area contributed by atoms with Crippen LogP contribution in [0.2, 0.25) is 0 Å². The van der Waals surface area contributed by atoms with E-state index in [1.807, 2.05) is 0 Å². The molecule has 2 aliphatic rings. The summed E-state index contributed by atoms with van der Waals surface area (Å²) in [6.07, 6.45) is 7.51. The van der Waals surface area contributed by atoms with Crippen LogP contribution in [-0.2, 0) is 0 Å². The van der Waals surface area contributed by atoms with Crippen LogP contribution < -0.4 is 5.32 Å². The van der Waals surface area contributed by atoms with E-state index in [-0.39, 0.29) is 5.92 Å². The second kappa shape index (κ2) is 6.22. The maximum Gasteiger partial charge on any atom is 0.0672 e. The van der Waals surface area contributed by atoms with E-state index in [2.05, 4.69) is 16.3 Å². The summed E-state index contributed by atoms with van der Waals surface area (Å²) in [5.74, 6) is 0.270. The third-order valence-corrected chi connectivity index (χ3v) is 3.94. The predicted molar refractivity (Wildman–Crippen MR) is 65.0 cm³/mol. The molecule has 0 aromatic rings. The van der Waals surface area contributed by atoms with Crippen LogP contribution in [0.15, 0.2) is 0 Å². The molecule has 0 amide bonds. The predicted octanol–water partition coefficient (Wildman–Crippen LogP) is 1.75. The number of nitrogens with zero attached hydrogens (tertiary/aromatic N) is 2. The molecule has 2 rings (SSSR count). The zero-order valence-electron chi connectivity index (χ0n) is 10.1. The summed E-state index contributed by atoms with van der Waals surface area (Å²) in [6, 6.07) is 2.90. The molecule has 0 bridgehead atoms. The van der Waals surface area contributed by atoms with E-state index in [1.165, 1.54) is 51.7 Å². The van der Waals surface area contributed by atoms with Gasteiger partial charge in [-0.15, -0.1) is 0 Å². The molecule has 0 aromatic heterocycles. The van der Waals surface area contributed by atoms with Gasteiger partial charge in [0, 0.05) is 6.04 Å². The quantitative estimate of drug-likeness (QED) is 0.719. The van der Waals surface area contributed by atoms with E-state index in [0.717, 1.165) is 13.0 Å². The van der Waals surface area contributed by atoms with Crippen LogP contribution in [0.5, 0.6) is 0 Å². The zero-order chi connectivity index (χ0) is 11.2. The molecular weight excluding hydrogens is 198 g/mol. The van der Waals surface area contributed by atoms with Crippen LogP contribution in [0.1, 0.15) is 38.5 Å². The van der Waals surface area contributed by atoms with Crippen LogP contribution in [0.3, 0.4) is 0 Å². The first-order chi connectivity index (χ1) is 7.90. The topological polar surface area (TPSA) is 39.1 Å². The summed E-state index contributed by atoms with van der Waals surface area (Å²) < 4.78 is 0. The van der Waals surface area contributed by atoms with E-state index < -0.39 is 0 Å². The molecule has 2 unspecified atom stereocenters. The first-order valence-corrected chi connectivity index (χ1v) is 6.75. The normalized spacial score (nSPS) is 30.7. The minimum absolute atomic E-state index is 0.270. The highest BCUT2D eigenvalue weighted by Crippen LogP contribution is 2.24. The second-order valence-corrected chi connectivity index (χ2v) is 5.13. The molecule has 2 atom stereocenters. The largest absolute Gasteiger partial charge is 0.313 e. The van der Waals surface area contributed by atoms with Crippen LogP contribution in [0, 0.1) is 17.2 Å². The smallest absolute Gasteiger partial charge is 0.0672 e. The lowest BCUT2D eigenvalue weighted by atomic mass is 10.1. The van der Waals surface area contributed by atoms with Gasteiger partial charge < -0.3 is 10.2 Å². The molecule has 1 aliphatic carbocycles. The molecule has 3 heteroatoms. The Kier molecular flexibility index (Phi) is 4.62. The Morgan fingerprint density at radius 2 is 2.00 bits per heavy atom. The van der Waals surface area contributed by atoms with Gasteiger partial charge in [-0.2, -0.15) is 5.26 Å².